The van der Waals surface area contributed by atoms with Crippen LogP contribution in [0.15, 0.2) is 4.99 Å². The average Bonchev–Trinajstić information content (AvgIpc) is 2.25. The van der Waals surface area contributed by atoms with E-state index in [0.29, 0.717) is 12.8 Å². The van der Waals surface area contributed by atoms with Crippen molar-refractivity contribution in [3.8, 4) is 0 Å². The van der Waals surface area contributed by atoms with Crippen molar-refractivity contribution in [2.24, 2.45) is 4.99 Å². The summed E-state index contributed by atoms with van der Waals surface area (Å²) in [7, 11) is 0. The highest BCUT2D eigenvalue weighted by molar-refractivity contribution is 5.76. The van der Waals surface area contributed by atoms with Crippen LogP contribution >= 0.6 is 0 Å². The first-order valence-electron chi connectivity index (χ1n) is 6.49. The Kier molecular flexibility index (Phi) is 7.44. The van der Waals surface area contributed by atoms with Crippen LogP contribution in [0.25, 0.3) is 0 Å². The van der Waals surface area contributed by atoms with Crippen molar-refractivity contribution in [1.82, 2.24) is 0 Å². The summed E-state index contributed by atoms with van der Waals surface area (Å²) in [4.78, 5) is 15.2. The van der Waals surface area contributed by atoms with Crippen LogP contribution in [0.4, 0.5) is 0 Å². The average molecular weight is 274 g/mol. The van der Waals surface area contributed by atoms with Crippen molar-refractivity contribution in [3.05, 3.63) is 0 Å². The summed E-state index contributed by atoms with van der Waals surface area (Å²) in [5.41, 5.74) is -0.660. The van der Waals surface area contributed by atoms with Crippen LogP contribution in [-0.2, 0) is 14.3 Å². The Hall–Kier alpha value is -1.30. The number of nitrogens with zero attached hydrogens (tertiary/aromatic N) is 1. The van der Waals surface area contributed by atoms with E-state index >= 15 is 0 Å². The summed E-state index contributed by atoms with van der Waals surface area (Å²) in [6.45, 7) is 8.84. The second-order valence-electron chi connectivity index (χ2n) is 5.16. The highest BCUT2D eigenvalue weighted by Crippen LogP contribution is 2.12. The first-order chi connectivity index (χ1) is 8.71. The van der Waals surface area contributed by atoms with E-state index in [-0.39, 0.29) is 6.61 Å². The van der Waals surface area contributed by atoms with Gasteiger partial charge in [-0.25, -0.2) is 4.79 Å². The van der Waals surface area contributed by atoms with Crippen LogP contribution in [0.1, 0.15) is 47.5 Å². The predicted octanol–water partition coefficient (Wildman–Crippen LogP) is 0.610. The Bertz CT molecular complexity index is 309. The molecule has 0 heterocycles. The van der Waals surface area contributed by atoms with E-state index in [1.807, 2.05) is 6.92 Å². The Labute approximate surface area is 114 Å². The summed E-state index contributed by atoms with van der Waals surface area (Å²) >= 11 is 0. The summed E-state index contributed by atoms with van der Waals surface area (Å²) < 4.78 is 9.75. The third-order valence-electron chi connectivity index (χ3n) is 2.14. The molecule has 0 fully saturated rings. The molecule has 0 radical (unpaired) electrons. The van der Waals surface area contributed by atoms with Gasteiger partial charge in [0.25, 0.3) is 0 Å². The second-order valence-corrected chi connectivity index (χ2v) is 5.16. The molecule has 0 saturated heterocycles. The number of hydrogen-bond acceptors (Lipinski definition) is 6. The maximum absolute atomic E-state index is 11.6. The number of carbonyl (C=O) groups excluding carboxylic acids is 1. The van der Waals surface area contributed by atoms with Crippen LogP contribution in [0, 0.1) is 0 Å². The van der Waals surface area contributed by atoms with Gasteiger partial charge in [-0.15, -0.1) is 0 Å². The van der Waals surface area contributed by atoms with E-state index in [4.69, 9.17) is 9.47 Å². The molecule has 0 amide bonds. The van der Waals surface area contributed by atoms with Gasteiger partial charge in [-0.05, 0) is 13.3 Å². The Morgan fingerprint density at radius 1 is 1.37 bits per heavy atom. The van der Waals surface area contributed by atoms with Gasteiger partial charge in [0.05, 0.1) is 12.6 Å². The predicted molar refractivity (Wildman–Crippen MR) is 69.6 cm³/mol. The third kappa shape index (κ3) is 7.66. The molecule has 0 aromatic rings. The summed E-state index contributed by atoms with van der Waals surface area (Å²) in [6, 6.07) is -0.834. The first-order valence-corrected chi connectivity index (χ1v) is 6.49. The molecular weight excluding hydrogens is 250 g/mol. The van der Waals surface area contributed by atoms with Crippen molar-refractivity contribution in [1.29, 1.82) is 0 Å². The Morgan fingerprint density at radius 2 is 1.95 bits per heavy atom. The minimum atomic E-state index is -1.44. The molecule has 19 heavy (non-hydrogen) atoms. The molecule has 2 unspecified atom stereocenters. The summed E-state index contributed by atoms with van der Waals surface area (Å²) in [5, 5.41) is 21.4. The third-order valence-corrected chi connectivity index (χ3v) is 2.14. The molecule has 6 heteroatoms. The topological polar surface area (TPSA) is 91.2 Å². The molecule has 0 bridgehead atoms. The largest absolute Gasteiger partial charge is 0.595 e. The standard InChI is InChI=1S/C13H25NO5/c1-6-8-9(10(15)11(16)18-7-2)14-12(17)19-13(3,4)5/h9-10,15H,6-8H2,1-5H3,(H,14,17)/p-1. The lowest BCUT2D eigenvalue weighted by Gasteiger charge is -2.30. The zero-order chi connectivity index (χ0) is 15.1. The van der Waals surface area contributed by atoms with E-state index in [9.17, 15) is 15.0 Å². The van der Waals surface area contributed by atoms with Gasteiger partial charge >= 0.3 is 5.97 Å². The van der Waals surface area contributed by atoms with Crippen molar-refractivity contribution in [2.75, 3.05) is 6.61 Å². The monoisotopic (exact) mass is 274 g/mol. The second kappa shape index (κ2) is 7.99. The van der Waals surface area contributed by atoms with Gasteiger partial charge in [-0.2, -0.15) is 0 Å². The van der Waals surface area contributed by atoms with E-state index in [1.54, 1.807) is 27.7 Å². The molecule has 0 aromatic carbocycles. The number of aliphatic hydroxyl groups excluding tert-OH is 1. The highest BCUT2D eigenvalue weighted by Gasteiger charge is 2.26. The maximum atomic E-state index is 11.6. The van der Waals surface area contributed by atoms with Gasteiger partial charge in [0.15, 0.2) is 6.10 Å². The smallest absolute Gasteiger partial charge is 0.337 e. The Balaban J connectivity index is 4.80. The van der Waals surface area contributed by atoms with Gasteiger partial charge in [0.2, 0.25) is 0 Å². The van der Waals surface area contributed by atoms with Crippen LogP contribution in [0.3, 0.4) is 0 Å². The number of esters is 1. The molecule has 0 aliphatic rings. The van der Waals surface area contributed by atoms with Crippen molar-refractivity contribution in [2.45, 2.75) is 65.2 Å². The van der Waals surface area contributed by atoms with E-state index in [2.05, 4.69) is 4.99 Å². The van der Waals surface area contributed by atoms with Gasteiger partial charge < -0.3 is 19.7 Å². The molecule has 2 atom stereocenters. The number of aliphatic imine (C=N–C) groups is 1. The number of rotatable bonds is 6. The van der Waals surface area contributed by atoms with Gasteiger partial charge in [0, 0.05) is 5.60 Å². The zero-order valence-corrected chi connectivity index (χ0v) is 12.3. The van der Waals surface area contributed by atoms with E-state index in [0.717, 1.165) is 0 Å². The summed E-state index contributed by atoms with van der Waals surface area (Å²) in [5.74, 6) is -0.770. The van der Waals surface area contributed by atoms with Crippen LogP contribution < -0.4 is 5.11 Å². The SMILES string of the molecule is CCCC(N=C([O-])OC(C)(C)C)C(O)C(=O)OCC. The van der Waals surface area contributed by atoms with Crippen molar-refractivity contribution in [3.63, 3.8) is 0 Å². The number of carbonyl (C=O) groups is 1. The zero-order valence-electron chi connectivity index (χ0n) is 12.3. The van der Waals surface area contributed by atoms with Crippen molar-refractivity contribution >= 4 is 12.1 Å². The number of hydrogen-bond donors (Lipinski definition) is 1. The van der Waals surface area contributed by atoms with Crippen LogP contribution in [0.2, 0.25) is 0 Å². The maximum Gasteiger partial charge on any atom is 0.337 e. The van der Waals surface area contributed by atoms with E-state index in [1.165, 1.54) is 0 Å². The first kappa shape index (κ1) is 17.7. The van der Waals surface area contributed by atoms with Crippen LogP contribution in [-0.4, -0.2) is 41.5 Å². The van der Waals surface area contributed by atoms with Crippen molar-refractivity contribution < 1.29 is 24.5 Å². The molecule has 0 spiro atoms. The van der Waals surface area contributed by atoms with Gasteiger partial charge in [-0.1, -0.05) is 34.1 Å². The number of ether oxygens (including phenoxy) is 2. The molecule has 112 valence electrons. The fourth-order valence-electron chi connectivity index (χ4n) is 1.40. The number of aliphatic hydroxyl groups is 1. The fourth-order valence-corrected chi connectivity index (χ4v) is 1.40. The lowest BCUT2D eigenvalue weighted by molar-refractivity contribution is -0.261. The minimum Gasteiger partial charge on any atom is -0.595 e. The normalized spacial score (nSPS) is 15.8. The molecule has 0 rings (SSSR count). The highest BCUT2D eigenvalue weighted by atomic mass is 16.6. The molecule has 0 aliphatic heterocycles. The molecular formula is C13H24NO5-. The van der Waals surface area contributed by atoms with Gasteiger partial charge in [-0.3, -0.25) is 4.99 Å². The molecule has 6 nitrogen and oxygen atoms in total. The molecule has 0 aromatic heterocycles. The van der Waals surface area contributed by atoms with Crippen LogP contribution in [0.5, 0.6) is 0 Å². The van der Waals surface area contributed by atoms with Gasteiger partial charge in [0.1, 0.15) is 6.08 Å². The van der Waals surface area contributed by atoms with E-state index < -0.39 is 29.8 Å². The summed E-state index contributed by atoms with van der Waals surface area (Å²) in [6.07, 6.45) is -1.14. The minimum absolute atomic E-state index is 0.168. The lowest BCUT2D eigenvalue weighted by Crippen LogP contribution is -2.38. The molecule has 0 aliphatic carbocycles. The fraction of sp³-hybridized carbons (Fsp3) is 0.846. The lowest BCUT2D eigenvalue weighted by atomic mass is 10.1. The Morgan fingerprint density at radius 3 is 2.37 bits per heavy atom. The quantitative estimate of drug-likeness (QED) is 0.435. The molecule has 0 saturated carbocycles. The molecule has 1 N–H and O–H groups in total.